The van der Waals surface area contributed by atoms with E-state index in [1.54, 1.807) is 0 Å². The predicted octanol–water partition coefficient (Wildman–Crippen LogP) is -0.517. The van der Waals surface area contributed by atoms with Gasteiger partial charge in [0.2, 0.25) is 5.91 Å². The highest BCUT2D eigenvalue weighted by atomic mass is 16.3. The van der Waals surface area contributed by atoms with E-state index in [1.165, 1.54) is 6.42 Å². The van der Waals surface area contributed by atoms with Crippen molar-refractivity contribution < 1.29 is 9.90 Å². The summed E-state index contributed by atoms with van der Waals surface area (Å²) in [5.41, 5.74) is 0. The van der Waals surface area contributed by atoms with Crippen LogP contribution in [-0.2, 0) is 4.79 Å². The summed E-state index contributed by atoms with van der Waals surface area (Å²) in [6, 6.07) is 0.133. The van der Waals surface area contributed by atoms with Crippen LogP contribution in [0.4, 0.5) is 0 Å². The van der Waals surface area contributed by atoms with Gasteiger partial charge in [-0.15, -0.1) is 0 Å². The Balaban J connectivity index is 1.80. The molecule has 80 valence electrons. The van der Waals surface area contributed by atoms with E-state index in [0.717, 1.165) is 25.9 Å². The van der Waals surface area contributed by atoms with Crippen LogP contribution < -0.4 is 10.6 Å². The van der Waals surface area contributed by atoms with E-state index >= 15 is 0 Å². The monoisotopic (exact) mass is 198 g/mol. The van der Waals surface area contributed by atoms with Crippen molar-refractivity contribution in [3.63, 3.8) is 0 Å². The van der Waals surface area contributed by atoms with E-state index < -0.39 is 0 Å². The van der Waals surface area contributed by atoms with Gasteiger partial charge in [-0.1, -0.05) is 6.42 Å². The van der Waals surface area contributed by atoms with Crippen LogP contribution in [0.25, 0.3) is 0 Å². The Hall–Kier alpha value is -0.610. The topological polar surface area (TPSA) is 61.4 Å². The van der Waals surface area contributed by atoms with Gasteiger partial charge < -0.3 is 15.7 Å². The highest BCUT2D eigenvalue weighted by Crippen LogP contribution is 2.26. The molecule has 0 aromatic heterocycles. The van der Waals surface area contributed by atoms with Gasteiger partial charge in [-0.3, -0.25) is 4.79 Å². The lowest BCUT2D eigenvalue weighted by Crippen LogP contribution is -2.45. The number of carbonyl (C=O) groups is 1. The fraction of sp³-hybridized carbons (Fsp3) is 0.900. The van der Waals surface area contributed by atoms with Gasteiger partial charge in [0.15, 0.2) is 0 Å². The lowest BCUT2D eigenvalue weighted by Gasteiger charge is -2.27. The van der Waals surface area contributed by atoms with Crippen LogP contribution in [0.3, 0.4) is 0 Å². The van der Waals surface area contributed by atoms with E-state index in [2.05, 4.69) is 10.6 Å². The van der Waals surface area contributed by atoms with Crippen LogP contribution in [-0.4, -0.2) is 36.8 Å². The van der Waals surface area contributed by atoms with Crippen molar-refractivity contribution in [1.29, 1.82) is 0 Å². The van der Waals surface area contributed by atoms with Crippen molar-refractivity contribution >= 4 is 5.91 Å². The molecule has 2 rings (SSSR count). The van der Waals surface area contributed by atoms with Crippen LogP contribution in [0.2, 0.25) is 0 Å². The molecule has 1 heterocycles. The van der Waals surface area contributed by atoms with Crippen molar-refractivity contribution in [2.45, 2.75) is 25.3 Å². The molecule has 14 heavy (non-hydrogen) atoms. The molecule has 1 saturated carbocycles. The summed E-state index contributed by atoms with van der Waals surface area (Å²) in [4.78, 5) is 11.6. The molecule has 4 heteroatoms. The van der Waals surface area contributed by atoms with Gasteiger partial charge in [0, 0.05) is 37.6 Å². The van der Waals surface area contributed by atoms with E-state index in [0.29, 0.717) is 0 Å². The Morgan fingerprint density at radius 1 is 1.43 bits per heavy atom. The smallest absolute Gasteiger partial charge is 0.223 e. The maximum Gasteiger partial charge on any atom is 0.223 e. The summed E-state index contributed by atoms with van der Waals surface area (Å²) >= 11 is 0. The molecule has 1 aliphatic carbocycles. The number of rotatable bonds is 3. The molecule has 0 aromatic carbocycles. The van der Waals surface area contributed by atoms with Gasteiger partial charge in [0.25, 0.3) is 0 Å². The molecule has 0 aromatic rings. The molecule has 2 atom stereocenters. The first-order valence-electron chi connectivity index (χ1n) is 5.43. The fourth-order valence-electron chi connectivity index (χ4n) is 2.06. The largest absolute Gasteiger partial charge is 0.396 e. The normalized spacial score (nSPS) is 32.6. The summed E-state index contributed by atoms with van der Waals surface area (Å²) in [5, 5.41) is 15.3. The number of aliphatic hydroxyl groups is 1. The second-order valence-electron chi connectivity index (χ2n) is 4.34. The molecule has 0 unspecified atom stereocenters. The lowest BCUT2D eigenvalue weighted by atomic mass is 9.84. The van der Waals surface area contributed by atoms with Gasteiger partial charge in [0.05, 0.1) is 0 Å². The Kier molecular flexibility index (Phi) is 3.03. The molecular weight excluding hydrogens is 180 g/mol. The molecule has 1 saturated heterocycles. The third-order valence-electron chi connectivity index (χ3n) is 3.38. The van der Waals surface area contributed by atoms with Gasteiger partial charge in [-0.2, -0.15) is 0 Å². The summed E-state index contributed by atoms with van der Waals surface area (Å²) in [6.45, 7) is 1.76. The van der Waals surface area contributed by atoms with Crippen molar-refractivity contribution in [2.24, 2.45) is 11.8 Å². The van der Waals surface area contributed by atoms with Gasteiger partial charge in [-0.05, 0) is 12.8 Å². The van der Waals surface area contributed by atoms with Crippen LogP contribution in [0.5, 0.6) is 0 Å². The number of hydrogen-bond acceptors (Lipinski definition) is 3. The molecule has 1 aliphatic heterocycles. The Bertz CT molecular complexity index is 216. The highest BCUT2D eigenvalue weighted by Gasteiger charge is 2.31. The first kappa shape index (κ1) is 9.93. The SMILES string of the molecule is O=C(N[C@@H]1CNC[C@H]1CO)C1CCC1. The fourth-order valence-corrected chi connectivity index (χ4v) is 2.06. The average molecular weight is 198 g/mol. The third kappa shape index (κ3) is 1.91. The summed E-state index contributed by atoms with van der Waals surface area (Å²) in [5.74, 6) is 0.623. The van der Waals surface area contributed by atoms with Gasteiger partial charge >= 0.3 is 0 Å². The second-order valence-corrected chi connectivity index (χ2v) is 4.34. The standard InChI is InChI=1S/C10H18N2O2/c13-6-8-4-11-5-9(8)12-10(14)7-2-1-3-7/h7-9,11,13H,1-6H2,(H,12,14)/t8-,9+/m0/s1. The van der Waals surface area contributed by atoms with Crippen LogP contribution >= 0.6 is 0 Å². The van der Waals surface area contributed by atoms with Crippen LogP contribution in [0.15, 0.2) is 0 Å². The molecule has 2 aliphatic rings. The van der Waals surface area contributed by atoms with Crippen LogP contribution in [0, 0.1) is 11.8 Å². The molecule has 3 N–H and O–H groups in total. The quantitative estimate of drug-likeness (QED) is 0.572. The summed E-state index contributed by atoms with van der Waals surface area (Å²) in [6.07, 6.45) is 3.26. The number of nitrogens with one attached hydrogen (secondary N) is 2. The molecule has 0 bridgehead atoms. The molecule has 0 spiro atoms. The zero-order valence-corrected chi connectivity index (χ0v) is 8.33. The zero-order valence-electron chi connectivity index (χ0n) is 8.33. The first-order valence-corrected chi connectivity index (χ1v) is 5.43. The van der Waals surface area contributed by atoms with E-state index in [9.17, 15) is 4.79 Å². The number of amides is 1. The Morgan fingerprint density at radius 2 is 2.21 bits per heavy atom. The maximum absolute atomic E-state index is 11.6. The maximum atomic E-state index is 11.6. The molecule has 1 amide bonds. The summed E-state index contributed by atoms with van der Waals surface area (Å²) in [7, 11) is 0. The summed E-state index contributed by atoms with van der Waals surface area (Å²) < 4.78 is 0. The highest BCUT2D eigenvalue weighted by molar-refractivity contribution is 5.79. The average Bonchev–Trinajstić information content (AvgIpc) is 2.48. The van der Waals surface area contributed by atoms with Gasteiger partial charge in [-0.25, -0.2) is 0 Å². The first-order chi connectivity index (χ1) is 6.81. The Labute approximate surface area is 84.1 Å². The van der Waals surface area contributed by atoms with Crippen molar-refractivity contribution in [1.82, 2.24) is 10.6 Å². The predicted molar refractivity (Wildman–Crippen MR) is 52.7 cm³/mol. The van der Waals surface area contributed by atoms with Gasteiger partial charge in [0.1, 0.15) is 0 Å². The van der Waals surface area contributed by atoms with E-state index in [4.69, 9.17) is 5.11 Å². The number of carbonyl (C=O) groups excluding carboxylic acids is 1. The minimum Gasteiger partial charge on any atom is -0.396 e. The molecular formula is C10H18N2O2. The van der Waals surface area contributed by atoms with E-state index in [-0.39, 0.29) is 30.4 Å². The molecule has 0 radical (unpaired) electrons. The Morgan fingerprint density at radius 3 is 2.79 bits per heavy atom. The second kappa shape index (κ2) is 4.28. The van der Waals surface area contributed by atoms with Crippen LogP contribution in [0.1, 0.15) is 19.3 Å². The lowest BCUT2D eigenvalue weighted by molar-refractivity contribution is -0.128. The molecule has 4 nitrogen and oxygen atoms in total. The number of hydrogen-bond donors (Lipinski definition) is 3. The minimum absolute atomic E-state index is 0.133. The zero-order chi connectivity index (χ0) is 9.97. The number of aliphatic hydroxyl groups excluding tert-OH is 1. The van der Waals surface area contributed by atoms with Crippen molar-refractivity contribution in [3.8, 4) is 0 Å². The third-order valence-corrected chi connectivity index (χ3v) is 3.38. The minimum atomic E-state index is 0.133. The van der Waals surface area contributed by atoms with E-state index in [1.807, 2.05) is 0 Å². The molecule has 2 fully saturated rings. The van der Waals surface area contributed by atoms with Crippen molar-refractivity contribution in [3.05, 3.63) is 0 Å². The van der Waals surface area contributed by atoms with Crippen molar-refractivity contribution in [2.75, 3.05) is 19.7 Å².